The Morgan fingerprint density at radius 1 is 1.15 bits per heavy atom. The van der Waals surface area contributed by atoms with Gasteiger partial charge in [-0.05, 0) is 25.0 Å². The van der Waals surface area contributed by atoms with Crippen LogP contribution in [0.3, 0.4) is 0 Å². The van der Waals surface area contributed by atoms with Crippen LogP contribution < -0.4 is 0 Å². The summed E-state index contributed by atoms with van der Waals surface area (Å²) in [6.07, 6.45) is 10.2. The van der Waals surface area contributed by atoms with E-state index in [-0.39, 0.29) is 0 Å². The van der Waals surface area contributed by atoms with E-state index in [1.807, 2.05) is 0 Å². The van der Waals surface area contributed by atoms with Gasteiger partial charge in [-0.15, -0.1) is 0 Å². The first-order valence-electron chi connectivity index (χ1n) is 5.45. The highest BCUT2D eigenvalue weighted by atomic mass is 14.9. The predicted molar refractivity (Wildman–Crippen MR) is 57.9 cm³/mol. The Morgan fingerprint density at radius 3 is 2.54 bits per heavy atom. The molecule has 13 heavy (non-hydrogen) atoms. The molecule has 0 amide bonds. The number of aromatic nitrogens is 1. The van der Waals surface area contributed by atoms with Gasteiger partial charge in [0, 0.05) is 18.9 Å². The second-order valence-corrected chi connectivity index (χ2v) is 3.77. The minimum absolute atomic E-state index is 1.24. The fourth-order valence-corrected chi connectivity index (χ4v) is 1.67. The average molecular weight is 179 g/mol. The zero-order chi connectivity index (χ0) is 9.52. The van der Waals surface area contributed by atoms with E-state index >= 15 is 0 Å². The zero-order valence-corrected chi connectivity index (χ0v) is 8.92. The van der Waals surface area contributed by atoms with Crippen molar-refractivity contribution in [2.75, 3.05) is 0 Å². The zero-order valence-electron chi connectivity index (χ0n) is 8.92. The molecule has 0 unspecified atom stereocenters. The van der Waals surface area contributed by atoms with Crippen molar-refractivity contribution in [2.45, 2.75) is 45.4 Å². The minimum atomic E-state index is 1.24. The summed E-state index contributed by atoms with van der Waals surface area (Å²) in [7, 11) is 2.13. The molecule has 0 aliphatic heterocycles. The van der Waals surface area contributed by atoms with Gasteiger partial charge in [-0.25, -0.2) is 0 Å². The lowest BCUT2D eigenvalue weighted by atomic mass is 10.1. The standard InChI is InChI=1S/C12H21N/c1-3-4-5-6-7-9-12-10-8-11-13(12)2/h8,10-11H,3-7,9H2,1-2H3. The number of unbranched alkanes of at least 4 members (excludes halogenated alkanes) is 4. The molecule has 0 radical (unpaired) electrons. The van der Waals surface area contributed by atoms with Gasteiger partial charge in [-0.2, -0.15) is 0 Å². The van der Waals surface area contributed by atoms with Crippen LogP contribution in [0.2, 0.25) is 0 Å². The first-order valence-corrected chi connectivity index (χ1v) is 5.45. The minimum Gasteiger partial charge on any atom is -0.354 e. The lowest BCUT2D eigenvalue weighted by Gasteiger charge is -2.02. The largest absolute Gasteiger partial charge is 0.354 e. The van der Waals surface area contributed by atoms with Gasteiger partial charge in [0.1, 0.15) is 0 Å². The van der Waals surface area contributed by atoms with Crippen LogP contribution in [0.5, 0.6) is 0 Å². The summed E-state index contributed by atoms with van der Waals surface area (Å²) in [4.78, 5) is 0. The molecule has 74 valence electrons. The summed E-state index contributed by atoms with van der Waals surface area (Å²) in [5, 5.41) is 0. The van der Waals surface area contributed by atoms with Crippen molar-refractivity contribution < 1.29 is 0 Å². The summed E-state index contributed by atoms with van der Waals surface area (Å²) in [5.74, 6) is 0. The Hall–Kier alpha value is -0.720. The van der Waals surface area contributed by atoms with Gasteiger partial charge < -0.3 is 4.57 Å². The highest BCUT2D eigenvalue weighted by Gasteiger charge is 1.96. The molecule has 0 fully saturated rings. The maximum atomic E-state index is 2.26. The van der Waals surface area contributed by atoms with E-state index in [2.05, 4.69) is 36.9 Å². The third-order valence-corrected chi connectivity index (χ3v) is 2.59. The second-order valence-electron chi connectivity index (χ2n) is 3.77. The molecule has 1 aromatic rings. The quantitative estimate of drug-likeness (QED) is 0.589. The van der Waals surface area contributed by atoms with Crippen molar-refractivity contribution in [3.63, 3.8) is 0 Å². The van der Waals surface area contributed by atoms with Crippen LogP contribution >= 0.6 is 0 Å². The van der Waals surface area contributed by atoms with E-state index in [1.54, 1.807) is 0 Å². The van der Waals surface area contributed by atoms with Gasteiger partial charge in [-0.1, -0.05) is 32.6 Å². The van der Waals surface area contributed by atoms with Gasteiger partial charge in [0.15, 0.2) is 0 Å². The van der Waals surface area contributed by atoms with E-state index in [0.717, 1.165) is 0 Å². The first kappa shape index (κ1) is 10.4. The molecule has 0 saturated carbocycles. The van der Waals surface area contributed by atoms with Crippen molar-refractivity contribution in [2.24, 2.45) is 7.05 Å². The van der Waals surface area contributed by atoms with Crippen LogP contribution in [0.1, 0.15) is 44.7 Å². The third kappa shape index (κ3) is 3.67. The van der Waals surface area contributed by atoms with Crippen molar-refractivity contribution in [3.8, 4) is 0 Å². The SMILES string of the molecule is CCCCCCCc1cccn1C. The number of rotatable bonds is 6. The molecule has 0 atom stereocenters. The van der Waals surface area contributed by atoms with Crippen molar-refractivity contribution >= 4 is 0 Å². The molecule has 1 rings (SSSR count). The van der Waals surface area contributed by atoms with Crippen LogP contribution in [0, 0.1) is 0 Å². The monoisotopic (exact) mass is 179 g/mol. The Bertz CT molecular complexity index is 225. The molecule has 0 bridgehead atoms. The molecular weight excluding hydrogens is 158 g/mol. The molecule has 0 aliphatic rings. The Morgan fingerprint density at radius 2 is 1.92 bits per heavy atom. The molecule has 0 aromatic carbocycles. The second kappa shape index (κ2) is 5.85. The number of hydrogen-bond acceptors (Lipinski definition) is 0. The van der Waals surface area contributed by atoms with E-state index in [9.17, 15) is 0 Å². The summed E-state index contributed by atoms with van der Waals surface area (Å²) >= 11 is 0. The van der Waals surface area contributed by atoms with Crippen molar-refractivity contribution in [1.82, 2.24) is 4.57 Å². The highest BCUT2D eigenvalue weighted by Crippen LogP contribution is 2.08. The number of hydrogen-bond donors (Lipinski definition) is 0. The fraction of sp³-hybridized carbons (Fsp3) is 0.667. The molecule has 0 spiro atoms. The van der Waals surface area contributed by atoms with Crippen LogP contribution in [0.15, 0.2) is 18.3 Å². The molecule has 0 saturated heterocycles. The molecule has 1 heterocycles. The van der Waals surface area contributed by atoms with Gasteiger partial charge in [0.05, 0.1) is 0 Å². The topological polar surface area (TPSA) is 4.93 Å². The number of aryl methyl sites for hydroxylation is 2. The maximum absolute atomic E-state index is 2.26. The van der Waals surface area contributed by atoms with Gasteiger partial charge in [-0.3, -0.25) is 0 Å². The van der Waals surface area contributed by atoms with E-state index in [4.69, 9.17) is 0 Å². The van der Waals surface area contributed by atoms with Crippen molar-refractivity contribution in [1.29, 1.82) is 0 Å². The predicted octanol–water partition coefficient (Wildman–Crippen LogP) is 3.54. The Balaban J connectivity index is 2.10. The fourth-order valence-electron chi connectivity index (χ4n) is 1.67. The summed E-state index contributed by atoms with van der Waals surface area (Å²) in [6.45, 7) is 2.26. The molecule has 1 nitrogen and oxygen atoms in total. The molecular formula is C12H21N. The molecule has 1 aromatic heterocycles. The van der Waals surface area contributed by atoms with Crippen molar-refractivity contribution in [3.05, 3.63) is 24.0 Å². The maximum Gasteiger partial charge on any atom is 0.0171 e. The Kier molecular flexibility index (Phi) is 4.66. The first-order chi connectivity index (χ1) is 6.34. The summed E-state index contributed by atoms with van der Waals surface area (Å²) < 4.78 is 2.22. The smallest absolute Gasteiger partial charge is 0.0171 e. The van der Waals surface area contributed by atoms with Crippen LogP contribution in [0.25, 0.3) is 0 Å². The molecule has 1 heteroatoms. The normalized spacial score (nSPS) is 10.6. The van der Waals surface area contributed by atoms with E-state index in [1.165, 1.54) is 44.2 Å². The summed E-state index contributed by atoms with van der Waals surface area (Å²) in [5.41, 5.74) is 1.47. The van der Waals surface area contributed by atoms with Crippen LogP contribution in [-0.2, 0) is 13.5 Å². The average Bonchev–Trinajstić information content (AvgIpc) is 2.52. The highest BCUT2D eigenvalue weighted by molar-refractivity contribution is 5.06. The van der Waals surface area contributed by atoms with Crippen LogP contribution in [0.4, 0.5) is 0 Å². The van der Waals surface area contributed by atoms with Gasteiger partial charge in [0.2, 0.25) is 0 Å². The lowest BCUT2D eigenvalue weighted by Crippen LogP contribution is -1.94. The summed E-state index contributed by atoms with van der Waals surface area (Å²) in [6, 6.07) is 4.35. The van der Waals surface area contributed by atoms with E-state index < -0.39 is 0 Å². The third-order valence-electron chi connectivity index (χ3n) is 2.59. The number of nitrogens with zero attached hydrogens (tertiary/aromatic N) is 1. The lowest BCUT2D eigenvalue weighted by molar-refractivity contribution is 0.620. The molecule has 0 aliphatic carbocycles. The van der Waals surface area contributed by atoms with Gasteiger partial charge >= 0.3 is 0 Å². The van der Waals surface area contributed by atoms with E-state index in [0.29, 0.717) is 0 Å². The van der Waals surface area contributed by atoms with Gasteiger partial charge in [0.25, 0.3) is 0 Å². The molecule has 0 N–H and O–H groups in total. The van der Waals surface area contributed by atoms with Crippen LogP contribution in [-0.4, -0.2) is 4.57 Å². The Labute approximate surface area is 81.8 Å².